The molecule has 0 aliphatic heterocycles. The van der Waals surface area contributed by atoms with E-state index in [0.29, 0.717) is 0 Å². The Morgan fingerprint density at radius 2 is 2.29 bits per heavy atom. The van der Waals surface area contributed by atoms with E-state index < -0.39 is 0 Å². The number of aromatic amines is 1. The summed E-state index contributed by atoms with van der Waals surface area (Å²) >= 11 is 1.76. The number of H-pyrrole nitrogens is 1. The van der Waals surface area contributed by atoms with E-state index in [2.05, 4.69) is 39.8 Å². The third-order valence-corrected chi connectivity index (χ3v) is 3.26. The monoisotopic (exact) mass is 208 g/mol. The van der Waals surface area contributed by atoms with Gasteiger partial charge in [0.1, 0.15) is 5.69 Å². The van der Waals surface area contributed by atoms with Crippen LogP contribution in [0.2, 0.25) is 0 Å². The highest BCUT2D eigenvalue weighted by Crippen LogP contribution is 2.30. The molecule has 0 amide bonds. The lowest BCUT2D eigenvalue weighted by Crippen LogP contribution is -1.89. The first-order valence-corrected chi connectivity index (χ1v) is 5.34. The molecule has 2 rings (SSSR count). The van der Waals surface area contributed by atoms with Gasteiger partial charge in [-0.15, -0.1) is 16.4 Å². The Morgan fingerprint density at radius 1 is 1.43 bits per heavy atom. The fourth-order valence-electron chi connectivity index (χ4n) is 1.27. The minimum atomic E-state index is 0.800. The second-order valence-electron chi connectivity index (χ2n) is 2.89. The summed E-state index contributed by atoms with van der Waals surface area (Å²) in [6.45, 7) is 2.15. The van der Waals surface area contributed by atoms with Gasteiger partial charge in [-0.25, -0.2) is 0 Å². The number of hydrogen-bond donors (Lipinski definition) is 2. The minimum Gasteiger partial charge on any atom is -0.370 e. The minimum absolute atomic E-state index is 0.800. The quantitative estimate of drug-likeness (QED) is 0.812. The van der Waals surface area contributed by atoms with Crippen molar-refractivity contribution in [1.29, 1.82) is 0 Å². The standard InChI is InChI=1S/C9H12N4S/c1-3-6-4-5-7(14-6)8-9(10-2)12-13-11-8/h4-5H,3H2,1-2H3,(H2,10,11,12,13). The summed E-state index contributed by atoms with van der Waals surface area (Å²) in [5, 5.41) is 13.7. The van der Waals surface area contributed by atoms with E-state index in [0.717, 1.165) is 22.8 Å². The van der Waals surface area contributed by atoms with Crippen LogP contribution in [0.4, 0.5) is 5.82 Å². The molecule has 0 aromatic carbocycles. The second kappa shape index (κ2) is 3.79. The highest BCUT2D eigenvalue weighted by Gasteiger charge is 2.10. The van der Waals surface area contributed by atoms with E-state index in [9.17, 15) is 0 Å². The first-order chi connectivity index (χ1) is 6.85. The summed E-state index contributed by atoms with van der Waals surface area (Å²) in [6.07, 6.45) is 1.07. The summed E-state index contributed by atoms with van der Waals surface area (Å²) in [5.41, 5.74) is 0.900. The fraction of sp³-hybridized carbons (Fsp3) is 0.333. The summed E-state index contributed by atoms with van der Waals surface area (Å²) in [5.74, 6) is 0.800. The predicted octanol–water partition coefficient (Wildman–Crippen LogP) is 2.14. The van der Waals surface area contributed by atoms with Crippen LogP contribution >= 0.6 is 11.3 Å². The molecule has 0 spiro atoms. The van der Waals surface area contributed by atoms with Crippen molar-refractivity contribution >= 4 is 17.2 Å². The topological polar surface area (TPSA) is 53.6 Å². The molecule has 0 atom stereocenters. The number of thiophene rings is 1. The Morgan fingerprint density at radius 3 is 2.93 bits per heavy atom. The molecule has 2 N–H and O–H groups in total. The average molecular weight is 208 g/mol. The van der Waals surface area contributed by atoms with Gasteiger partial charge in [0.25, 0.3) is 0 Å². The summed E-state index contributed by atoms with van der Waals surface area (Å²) in [6, 6.07) is 4.22. The van der Waals surface area contributed by atoms with Crippen molar-refractivity contribution in [3.8, 4) is 10.6 Å². The molecule has 74 valence electrons. The summed E-state index contributed by atoms with van der Waals surface area (Å²) in [4.78, 5) is 2.52. The Bertz CT molecular complexity index is 418. The van der Waals surface area contributed by atoms with E-state index in [1.807, 2.05) is 7.05 Å². The smallest absolute Gasteiger partial charge is 0.177 e. The number of rotatable bonds is 3. The van der Waals surface area contributed by atoms with Crippen molar-refractivity contribution in [2.75, 3.05) is 12.4 Å². The van der Waals surface area contributed by atoms with Crippen LogP contribution in [-0.2, 0) is 6.42 Å². The van der Waals surface area contributed by atoms with E-state index in [-0.39, 0.29) is 0 Å². The average Bonchev–Trinajstić information content (AvgIpc) is 2.85. The number of aromatic nitrogens is 3. The van der Waals surface area contributed by atoms with Crippen LogP contribution in [0.5, 0.6) is 0 Å². The van der Waals surface area contributed by atoms with E-state index in [4.69, 9.17) is 0 Å². The molecule has 0 aliphatic rings. The lowest BCUT2D eigenvalue weighted by atomic mass is 10.3. The maximum atomic E-state index is 4.12. The Kier molecular flexibility index (Phi) is 2.49. The van der Waals surface area contributed by atoms with Gasteiger partial charge in [0.05, 0.1) is 4.88 Å². The number of nitrogens with zero attached hydrogens (tertiary/aromatic N) is 2. The molecule has 14 heavy (non-hydrogen) atoms. The SMILES string of the molecule is CCc1ccc(-c2n[nH]nc2NC)s1. The molecule has 0 fully saturated rings. The van der Waals surface area contributed by atoms with Crippen molar-refractivity contribution in [3.63, 3.8) is 0 Å². The molecular weight excluding hydrogens is 196 g/mol. The first-order valence-electron chi connectivity index (χ1n) is 4.52. The molecule has 0 saturated heterocycles. The molecule has 0 radical (unpaired) electrons. The van der Waals surface area contributed by atoms with Gasteiger partial charge in [0.2, 0.25) is 0 Å². The van der Waals surface area contributed by atoms with Gasteiger partial charge in [-0.05, 0) is 18.6 Å². The van der Waals surface area contributed by atoms with Crippen molar-refractivity contribution in [2.45, 2.75) is 13.3 Å². The molecule has 2 heterocycles. The van der Waals surface area contributed by atoms with Crippen LogP contribution in [0.1, 0.15) is 11.8 Å². The molecule has 2 aromatic rings. The lowest BCUT2D eigenvalue weighted by molar-refractivity contribution is 0.943. The second-order valence-corrected chi connectivity index (χ2v) is 4.06. The summed E-state index contributed by atoms with van der Waals surface area (Å²) < 4.78 is 0. The van der Waals surface area contributed by atoms with Crippen molar-refractivity contribution in [2.24, 2.45) is 0 Å². The van der Waals surface area contributed by atoms with Crippen LogP contribution in [0.3, 0.4) is 0 Å². The third-order valence-electron chi connectivity index (χ3n) is 2.03. The Balaban J connectivity index is 2.38. The molecular formula is C9H12N4S. The highest BCUT2D eigenvalue weighted by atomic mass is 32.1. The highest BCUT2D eigenvalue weighted by molar-refractivity contribution is 7.15. The zero-order valence-corrected chi connectivity index (χ0v) is 8.98. The molecule has 0 aliphatic carbocycles. The zero-order chi connectivity index (χ0) is 9.97. The number of aryl methyl sites for hydroxylation is 1. The van der Waals surface area contributed by atoms with Crippen LogP contribution < -0.4 is 5.32 Å². The van der Waals surface area contributed by atoms with Crippen LogP contribution in [0.15, 0.2) is 12.1 Å². The van der Waals surface area contributed by atoms with E-state index >= 15 is 0 Å². The van der Waals surface area contributed by atoms with Crippen molar-refractivity contribution < 1.29 is 0 Å². The maximum Gasteiger partial charge on any atom is 0.177 e. The zero-order valence-electron chi connectivity index (χ0n) is 8.16. The Hall–Kier alpha value is -1.36. The summed E-state index contributed by atoms with van der Waals surface area (Å²) in [7, 11) is 1.84. The molecule has 4 nitrogen and oxygen atoms in total. The predicted molar refractivity (Wildman–Crippen MR) is 58.6 cm³/mol. The molecule has 0 saturated carbocycles. The van der Waals surface area contributed by atoms with E-state index in [1.54, 1.807) is 11.3 Å². The van der Waals surface area contributed by atoms with Gasteiger partial charge in [0.15, 0.2) is 5.82 Å². The molecule has 0 bridgehead atoms. The number of nitrogens with one attached hydrogen (secondary N) is 2. The van der Waals surface area contributed by atoms with Gasteiger partial charge < -0.3 is 5.32 Å². The molecule has 5 heteroatoms. The van der Waals surface area contributed by atoms with Gasteiger partial charge in [-0.3, -0.25) is 0 Å². The lowest BCUT2D eigenvalue weighted by Gasteiger charge is -1.94. The van der Waals surface area contributed by atoms with Crippen molar-refractivity contribution in [3.05, 3.63) is 17.0 Å². The maximum absolute atomic E-state index is 4.12. The van der Waals surface area contributed by atoms with Gasteiger partial charge >= 0.3 is 0 Å². The fourth-order valence-corrected chi connectivity index (χ4v) is 2.21. The molecule has 0 unspecified atom stereocenters. The first kappa shape index (κ1) is 9.21. The van der Waals surface area contributed by atoms with Crippen LogP contribution in [-0.4, -0.2) is 22.5 Å². The largest absolute Gasteiger partial charge is 0.370 e. The van der Waals surface area contributed by atoms with Gasteiger partial charge in [0, 0.05) is 11.9 Å². The normalized spacial score (nSPS) is 10.4. The Labute approximate surface area is 86.4 Å². The van der Waals surface area contributed by atoms with Crippen LogP contribution in [0.25, 0.3) is 10.6 Å². The van der Waals surface area contributed by atoms with Crippen LogP contribution in [0, 0.1) is 0 Å². The molecule has 2 aromatic heterocycles. The number of hydrogen-bond acceptors (Lipinski definition) is 4. The number of anilines is 1. The van der Waals surface area contributed by atoms with E-state index in [1.165, 1.54) is 4.88 Å². The van der Waals surface area contributed by atoms with Gasteiger partial charge in [-0.1, -0.05) is 6.92 Å². The third kappa shape index (κ3) is 1.50. The van der Waals surface area contributed by atoms with Crippen molar-refractivity contribution in [1.82, 2.24) is 15.4 Å². The van der Waals surface area contributed by atoms with Gasteiger partial charge in [-0.2, -0.15) is 10.3 Å².